The Kier molecular flexibility index (Phi) is 6.33. The molecule has 0 bridgehead atoms. The van der Waals surface area contributed by atoms with E-state index in [0.29, 0.717) is 12.6 Å². The summed E-state index contributed by atoms with van der Waals surface area (Å²) in [5, 5.41) is 9.75. The number of nitrogens with zero attached hydrogens (tertiary/aromatic N) is 1. The van der Waals surface area contributed by atoms with Crippen molar-refractivity contribution in [3.8, 4) is 0 Å². The van der Waals surface area contributed by atoms with E-state index >= 15 is 0 Å². The minimum atomic E-state index is -0.628. The highest BCUT2D eigenvalue weighted by atomic mass is 16.5. The van der Waals surface area contributed by atoms with Crippen LogP contribution >= 0.6 is 0 Å². The van der Waals surface area contributed by atoms with Gasteiger partial charge in [-0.1, -0.05) is 6.92 Å². The lowest BCUT2D eigenvalue weighted by molar-refractivity contribution is 0.0131. The summed E-state index contributed by atoms with van der Waals surface area (Å²) in [6, 6.07) is 0.497. The van der Waals surface area contributed by atoms with E-state index in [2.05, 4.69) is 18.7 Å². The fourth-order valence-electron chi connectivity index (χ4n) is 1.42. The number of methoxy groups -OCH3 is 1. The predicted molar refractivity (Wildman–Crippen MR) is 59.5 cm³/mol. The van der Waals surface area contributed by atoms with Crippen molar-refractivity contribution in [2.75, 3.05) is 26.8 Å². The molecule has 0 amide bonds. The second-order valence-corrected chi connectivity index (χ2v) is 4.53. The van der Waals surface area contributed by atoms with Crippen LogP contribution in [0.2, 0.25) is 0 Å². The van der Waals surface area contributed by atoms with Crippen molar-refractivity contribution < 1.29 is 9.84 Å². The predicted octanol–water partition coefficient (Wildman–Crippen LogP) is 1.50. The van der Waals surface area contributed by atoms with Crippen LogP contribution in [0.4, 0.5) is 0 Å². The largest absolute Gasteiger partial charge is 0.389 e. The van der Waals surface area contributed by atoms with E-state index in [1.54, 1.807) is 7.11 Å². The van der Waals surface area contributed by atoms with Crippen molar-refractivity contribution in [2.24, 2.45) is 0 Å². The zero-order chi connectivity index (χ0) is 11.2. The number of hydrogen-bond acceptors (Lipinski definition) is 3. The highest BCUT2D eigenvalue weighted by molar-refractivity contribution is 4.75. The topological polar surface area (TPSA) is 32.7 Å². The lowest BCUT2D eigenvalue weighted by atomic mass is 10.1. The molecule has 0 heterocycles. The summed E-state index contributed by atoms with van der Waals surface area (Å²) in [6.45, 7) is 10.3. The van der Waals surface area contributed by atoms with E-state index in [0.717, 1.165) is 19.6 Å². The van der Waals surface area contributed by atoms with Crippen molar-refractivity contribution in [2.45, 2.75) is 45.8 Å². The molecule has 0 aromatic rings. The normalized spacial score (nSPS) is 14.8. The van der Waals surface area contributed by atoms with Crippen molar-refractivity contribution >= 4 is 0 Å². The van der Waals surface area contributed by atoms with Gasteiger partial charge in [0.25, 0.3) is 0 Å². The van der Waals surface area contributed by atoms with Crippen LogP contribution in [0.15, 0.2) is 0 Å². The average molecular weight is 203 g/mol. The van der Waals surface area contributed by atoms with Crippen LogP contribution in [0.3, 0.4) is 0 Å². The van der Waals surface area contributed by atoms with Crippen LogP contribution in [-0.2, 0) is 4.74 Å². The number of ether oxygens (including phenoxy) is 1. The first-order valence-electron chi connectivity index (χ1n) is 5.36. The molecule has 1 N–H and O–H groups in total. The Balaban J connectivity index is 4.10. The lowest BCUT2D eigenvalue weighted by Crippen LogP contribution is -2.44. The first kappa shape index (κ1) is 13.9. The van der Waals surface area contributed by atoms with Gasteiger partial charge in [-0.15, -0.1) is 0 Å². The molecule has 0 aliphatic heterocycles. The molecule has 0 aliphatic carbocycles. The average Bonchev–Trinajstić information content (AvgIpc) is 2.09. The van der Waals surface area contributed by atoms with E-state index in [4.69, 9.17) is 4.74 Å². The van der Waals surface area contributed by atoms with Gasteiger partial charge >= 0.3 is 0 Å². The van der Waals surface area contributed by atoms with Crippen LogP contribution in [0.25, 0.3) is 0 Å². The van der Waals surface area contributed by atoms with E-state index in [1.807, 2.05) is 13.8 Å². The molecule has 0 radical (unpaired) electrons. The number of aliphatic hydroxyl groups is 1. The van der Waals surface area contributed by atoms with Gasteiger partial charge in [-0.3, -0.25) is 4.90 Å². The summed E-state index contributed by atoms with van der Waals surface area (Å²) in [4.78, 5) is 2.27. The van der Waals surface area contributed by atoms with Gasteiger partial charge in [0.05, 0.1) is 12.2 Å². The molecule has 3 heteroatoms. The Morgan fingerprint density at radius 1 is 1.43 bits per heavy atom. The van der Waals surface area contributed by atoms with Crippen LogP contribution in [0, 0.1) is 0 Å². The molecule has 1 unspecified atom stereocenters. The van der Waals surface area contributed by atoms with Crippen LogP contribution < -0.4 is 0 Å². The lowest BCUT2D eigenvalue weighted by Gasteiger charge is -2.33. The monoisotopic (exact) mass is 203 g/mol. The molecule has 3 nitrogen and oxygen atoms in total. The molecular weight excluding hydrogens is 178 g/mol. The minimum Gasteiger partial charge on any atom is -0.389 e. The number of hydrogen-bond donors (Lipinski definition) is 1. The van der Waals surface area contributed by atoms with Gasteiger partial charge in [-0.2, -0.15) is 0 Å². The molecular formula is C11H25NO2. The maximum atomic E-state index is 9.75. The molecule has 0 aromatic heterocycles. The van der Waals surface area contributed by atoms with Gasteiger partial charge in [0.1, 0.15) is 0 Å². The van der Waals surface area contributed by atoms with Crippen molar-refractivity contribution in [1.82, 2.24) is 4.90 Å². The van der Waals surface area contributed by atoms with Gasteiger partial charge in [-0.25, -0.2) is 0 Å². The van der Waals surface area contributed by atoms with Crippen LogP contribution in [-0.4, -0.2) is 48.5 Å². The Morgan fingerprint density at radius 2 is 2.00 bits per heavy atom. The zero-order valence-electron chi connectivity index (χ0n) is 10.2. The molecule has 0 rings (SSSR count). The van der Waals surface area contributed by atoms with Gasteiger partial charge in [0, 0.05) is 26.2 Å². The third kappa shape index (κ3) is 6.35. The molecule has 0 saturated heterocycles. The smallest absolute Gasteiger partial charge is 0.0718 e. The second-order valence-electron chi connectivity index (χ2n) is 4.53. The standard InChI is InChI=1S/C11H25NO2/c1-6-10(2)12(7-8-14-5)9-11(3,4)13/h10,13H,6-9H2,1-5H3. The van der Waals surface area contributed by atoms with Gasteiger partial charge in [0.2, 0.25) is 0 Å². The molecule has 14 heavy (non-hydrogen) atoms. The summed E-state index contributed by atoms with van der Waals surface area (Å²) in [7, 11) is 1.71. The summed E-state index contributed by atoms with van der Waals surface area (Å²) in [5.41, 5.74) is -0.628. The molecule has 86 valence electrons. The molecule has 1 atom stereocenters. The van der Waals surface area contributed by atoms with Gasteiger partial charge in [-0.05, 0) is 27.2 Å². The van der Waals surface area contributed by atoms with Crippen molar-refractivity contribution in [3.63, 3.8) is 0 Å². The Hall–Kier alpha value is -0.120. The maximum Gasteiger partial charge on any atom is 0.0718 e. The molecule has 0 spiro atoms. The summed E-state index contributed by atoms with van der Waals surface area (Å²) in [6.07, 6.45) is 1.10. The quantitative estimate of drug-likeness (QED) is 0.680. The van der Waals surface area contributed by atoms with Crippen molar-refractivity contribution in [1.29, 1.82) is 0 Å². The second kappa shape index (κ2) is 6.38. The molecule has 0 fully saturated rings. The van der Waals surface area contributed by atoms with Crippen molar-refractivity contribution in [3.05, 3.63) is 0 Å². The molecule has 0 aromatic carbocycles. The third-order valence-corrected chi connectivity index (χ3v) is 2.39. The summed E-state index contributed by atoms with van der Waals surface area (Å²) < 4.78 is 5.06. The van der Waals surface area contributed by atoms with E-state index in [-0.39, 0.29) is 0 Å². The molecule has 0 saturated carbocycles. The first-order valence-corrected chi connectivity index (χ1v) is 5.36. The summed E-state index contributed by atoms with van der Waals surface area (Å²) >= 11 is 0. The highest BCUT2D eigenvalue weighted by Crippen LogP contribution is 2.10. The molecule has 0 aliphatic rings. The van der Waals surface area contributed by atoms with E-state index in [1.165, 1.54) is 0 Å². The fourth-order valence-corrected chi connectivity index (χ4v) is 1.42. The Morgan fingerprint density at radius 3 is 2.36 bits per heavy atom. The van der Waals surface area contributed by atoms with Crippen LogP contribution in [0.1, 0.15) is 34.1 Å². The van der Waals surface area contributed by atoms with E-state index in [9.17, 15) is 5.11 Å². The SMILES string of the molecule is CCC(C)N(CCOC)CC(C)(C)O. The van der Waals surface area contributed by atoms with E-state index < -0.39 is 5.60 Å². The highest BCUT2D eigenvalue weighted by Gasteiger charge is 2.20. The van der Waals surface area contributed by atoms with Crippen LogP contribution in [0.5, 0.6) is 0 Å². The van der Waals surface area contributed by atoms with Gasteiger partial charge in [0.15, 0.2) is 0 Å². The Bertz CT molecular complexity index is 143. The number of rotatable bonds is 7. The maximum absolute atomic E-state index is 9.75. The minimum absolute atomic E-state index is 0.497. The Labute approximate surface area is 88.1 Å². The zero-order valence-corrected chi connectivity index (χ0v) is 10.2. The summed E-state index contributed by atoms with van der Waals surface area (Å²) in [5.74, 6) is 0. The van der Waals surface area contributed by atoms with Gasteiger partial charge < -0.3 is 9.84 Å². The third-order valence-electron chi connectivity index (χ3n) is 2.39. The first-order chi connectivity index (χ1) is 6.40. The fraction of sp³-hybridized carbons (Fsp3) is 1.00.